The lowest BCUT2D eigenvalue weighted by Gasteiger charge is -2.19. The van der Waals surface area contributed by atoms with Crippen molar-refractivity contribution in [3.8, 4) is 0 Å². The summed E-state index contributed by atoms with van der Waals surface area (Å²) in [5.74, 6) is -0.245. The third kappa shape index (κ3) is 3.55. The van der Waals surface area contributed by atoms with Gasteiger partial charge in [-0.3, -0.25) is 4.98 Å². The van der Waals surface area contributed by atoms with Gasteiger partial charge < -0.3 is 11.1 Å². The fourth-order valence-electron chi connectivity index (χ4n) is 2.32. The van der Waals surface area contributed by atoms with Gasteiger partial charge in [0, 0.05) is 23.1 Å². The Kier molecular flexibility index (Phi) is 4.53. The van der Waals surface area contributed by atoms with E-state index < -0.39 is 0 Å². The highest BCUT2D eigenvalue weighted by molar-refractivity contribution is 7.80. The molecule has 0 aliphatic carbocycles. The number of pyridine rings is 1. The second-order valence-electron chi connectivity index (χ2n) is 5.05. The van der Waals surface area contributed by atoms with E-state index in [1.165, 1.54) is 12.1 Å². The smallest absolute Gasteiger partial charge is 0.123 e. The van der Waals surface area contributed by atoms with Gasteiger partial charge in [0.2, 0.25) is 0 Å². The second-order valence-corrected chi connectivity index (χ2v) is 5.49. The van der Waals surface area contributed by atoms with E-state index in [2.05, 4.69) is 10.3 Å². The maximum absolute atomic E-state index is 13.0. The number of nitrogens with one attached hydrogen (secondary N) is 1. The number of halogens is 1. The maximum Gasteiger partial charge on any atom is 0.123 e. The van der Waals surface area contributed by atoms with E-state index in [9.17, 15) is 4.39 Å². The number of nitrogens with zero attached hydrogens (tertiary/aromatic N) is 1. The molecule has 2 rings (SSSR count). The molecule has 1 aromatic carbocycles. The summed E-state index contributed by atoms with van der Waals surface area (Å²) in [5.41, 5.74) is 10.1. The molecule has 1 unspecified atom stereocenters. The van der Waals surface area contributed by atoms with Gasteiger partial charge in [-0.1, -0.05) is 24.4 Å². The lowest BCUT2D eigenvalue weighted by molar-refractivity contribution is 0.626. The summed E-state index contributed by atoms with van der Waals surface area (Å²) in [4.78, 5) is 4.70. The zero-order chi connectivity index (χ0) is 15.6. The van der Waals surface area contributed by atoms with Crippen molar-refractivity contribution >= 4 is 22.9 Å². The van der Waals surface area contributed by atoms with Crippen molar-refractivity contribution in [1.29, 1.82) is 0 Å². The summed E-state index contributed by atoms with van der Waals surface area (Å²) in [6.45, 7) is 5.81. The molecule has 0 aliphatic rings. The van der Waals surface area contributed by atoms with E-state index in [1.54, 1.807) is 12.1 Å². The third-order valence-electron chi connectivity index (χ3n) is 3.32. The highest BCUT2D eigenvalue weighted by atomic mass is 32.1. The van der Waals surface area contributed by atoms with Crippen molar-refractivity contribution in [2.45, 2.75) is 26.8 Å². The molecule has 110 valence electrons. The van der Waals surface area contributed by atoms with Crippen molar-refractivity contribution in [1.82, 2.24) is 4.98 Å². The van der Waals surface area contributed by atoms with Crippen LogP contribution >= 0.6 is 12.2 Å². The number of hydrogen-bond donors (Lipinski definition) is 2. The van der Waals surface area contributed by atoms with Gasteiger partial charge in [-0.15, -0.1) is 0 Å². The van der Waals surface area contributed by atoms with Crippen LogP contribution in [0.5, 0.6) is 0 Å². The molecule has 0 fully saturated rings. The molecule has 0 spiro atoms. The number of thiocarbonyl (C=S) groups is 1. The first kappa shape index (κ1) is 15.4. The van der Waals surface area contributed by atoms with Crippen molar-refractivity contribution in [2.24, 2.45) is 5.73 Å². The van der Waals surface area contributed by atoms with Crippen LogP contribution in [0.3, 0.4) is 0 Å². The van der Waals surface area contributed by atoms with Gasteiger partial charge in [-0.05, 0) is 44.5 Å². The maximum atomic E-state index is 13.0. The minimum absolute atomic E-state index is 0.0000926. The zero-order valence-corrected chi connectivity index (χ0v) is 13.1. The van der Waals surface area contributed by atoms with Crippen LogP contribution in [0.1, 0.15) is 35.5 Å². The molecule has 3 nitrogen and oxygen atoms in total. The Morgan fingerprint density at radius 2 is 1.90 bits per heavy atom. The quantitative estimate of drug-likeness (QED) is 0.847. The summed E-state index contributed by atoms with van der Waals surface area (Å²) >= 11 is 5.12. The van der Waals surface area contributed by atoms with Crippen LogP contribution in [0.15, 0.2) is 30.3 Å². The van der Waals surface area contributed by atoms with E-state index in [4.69, 9.17) is 18.0 Å². The Morgan fingerprint density at radius 3 is 2.48 bits per heavy atom. The first-order chi connectivity index (χ1) is 9.88. The summed E-state index contributed by atoms with van der Waals surface area (Å²) in [6, 6.07) is 8.33. The Bertz CT molecular complexity index is 668. The molecule has 1 heterocycles. The molecule has 0 amide bonds. The van der Waals surface area contributed by atoms with Gasteiger partial charge in [0.25, 0.3) is 0 Å². The standard InChI is InChI=1S/C16H18FN3S/c1-9-8-14(15(16(18)21)11(3)19-9)20-10(2)12-4-6-13(17)7-5-12/h4-8,10H,1-3H3,(H2,18,21)(H,19,20). The molecular formula is C16H18FN3S. The fourth-order valence-corrected chi connectivity index (χ4v) is 2.58. The minimum Gasteiger partial charge on any atom is -0.389 e. The van der Waals surface area contributed by atoms with Gasteiger partial charge in [0.15, 0.2) is 0 Å². The summed E-state index contributed by atoms with van der Waals surface area (Å²) in [6.07, 6.45) is 0. The Labute approximate surface area is 129 Å². The number of hydrogen-bond acceptors (Lipinski definition) is 3. The first-order valence-electron chi connectivity index (χ1n) is 6.68. The predicted octanol–water partition coefficient (Wildman–Crippen LogP) is 3.64. The van der Waals surface area contributed by atoms with Gasteiger partial charge in [0.1, 0.15) is 10.8 Å². The molecule has 5 heteroatoms. The van der Waals surface area contributed by atoms with Crippen LogP contribution in [0.2, 0.25) is 0 Å². The average molecular weight is 303 g/mol. The van der Waals surface area contributed by atoms with Crippen molar-refractivity contribution < 1.29 is 4.39 Å². The molecule has 21 heavy (non-hydrogen) atoms. The van der Waals surface area contributed by atoms with Gasteiger partial charge >= 0.3 is 0 Å². The molecule has 0 aliphatic heterocycles. The van der Waals surface area contributed by atoms with Crippen LogP contribution in [-0.2, 0) is 0 Å². The first-order valence-corrected chi connectivity index (χ1v) is 7.09. The van der Waals surface area contributed by atoms with E-state index in [0.29, 0.717) is 4.99 Å². The number of anilines is 1. The molecule has 0 bridgehead atoms. The van der Waals surface area contributed by atoms with E-state index in [1.807, 2.05) is 26.8 Å². The topological polar surface area (TPSA) is 50.9 Å². The SMILES string of the molecule is Cc1cc(NC(C)c2ccc(F)cc2)c(C(N)=S)c(C)n1. The second kappa shape index (κ2) is 6.18. The third-order valence-corrected chi connectivity index (χ3v) is 3.52. The van der Waals surface area contributed by atoms with E-state index in [-0.39, 0.29) is 11.9 Å². The van der Waals surface area contributed by atoms with Gasteiger partial charge in [-0.25, -0.2) is 4.39 Å². The van der Waals surface area contributed by atoms with Crippen LogP contribution in [-0.4, -0.2) is 9.97 Å². The molecule has 0 saturated heterocycles. The molecular weight excluding hydrogens is 285 g/mol. The lowest BCUT2D eigenvalue weighted by atomic mass is 10.1. The summed E-state index contributed by atoms with van der Waals surface area (Å²) in [5, 5.41) is 3.38. The Hall–Kier alpha value is -2.01. The van der Waals surface area contributed by atoms with Gasteiger partial charge in [0.05, 0.1) is 5.56 Å². The van der Waals surface area contributed by atoms with Crippen molar-refractivity contribution in [3.05, 3.63) is 58.7 Å². The van der Waals surface area contributed by atoms with Crippen molar-refractivity contribution in [2.75, 3.05) is 5.32 Å². The number of aromatic nitrogens is 1. The highest BCUT2D eigenvalue weighted by Gasteiger charge is 2.14. The van der Waals surface area contributed by atoms with E-state index >= 15 is 0 Å². The molecule has 3 N–H and O–H groups in total. The largest absolute Gasteiger partial charge is 0.389 e. The number of benzene rings is 1. The molecule has 0 saturated carbocycles. The number of aryl methyl sites for hydroxylation is 2. The van der Waals surface area contributed by atoms with Crippen LogP contribution in [0.4, 0.5) is 10.1 Å². The highest BCUT2D eigenvalue weighted by Crippen LogP contribution is 2.25. The van der Waals surface area contributed by atoms with E-state index in [0.717, 1.165) is 28.2 Å². The fraction of sp³-hybridized carbons (Fsp3) is 0.250. The minimum atomic E-state index is -0.245. The zero-order valence-electron chi connectivity index (χ0n) is 12.3. The Balaban J connectivity index is 2.34. The summed E-state index contributed by atoms with van der Waals surface area (Å²) in [7, 11) is 0. The average Bonchev–Trinajstić information content (AvgIpc) is 2.37. The van der Waals surface area contributed by atoms with Crippen LogP contribution in [0, 0.1) is 19.7 Å². The molecule has 0 radical (unpaired) electrons. The Morgan fingerprint density at radius 1 is 1.29 bits per heavy atom. The van der Waals surface area contributed by atoms with Crippen LogP contribution < -0.4 is 11.1 Å². The number of rotatable bonds is 4. The number of nitrogens with two attached hydrogens (primary N) is 1. The van der Waals surface area contributed by atoms with Crippen LogP contribution in [0.25, 0.3) is 0 Å². The molecule has 2 aromatic rings. The van der Waals surface area contributed by atoms with Gasteiger partial charge in [-0.2, -0.15) is 0 Å². The summed E-state index contributed by atoms with van der Waals surface area (Å²) < 4.78 is 13.0. The monoisotopic (exact) mass is 303 g/mol. The predicted molar refractivity (Wildman–Crippen MR) is 88.0 cm³/mol. The normalized spacial score (nSPS) is 12.0. The van der Waals surface area contributed by atoms with Crippen molar-refractivity contribution in [3.63, 3.8) is 0 Å². The molecule has 1 atom stereocenters. The lowest BCUT2D eigenvalue weighted by Crippen LogP contribution is -2.18. The molecule has 1 aromatic heterocycles.